The zero-order chi connectivity index (χ0) is 27.2. The van der Waals surface area contributed by atoms with Crippen molar-refractivity contribution in [3.63, 3.8) is 0 Å². The van der Waals surface area contributed by atoms with Gasteiger partial charge >= 0.3 is 0 Å². The molecule has 0 fully saturated rings. The summed E-state index contributed by atoms with van der Waals surface area (Å²) in [7, 11) is 0. The maximum absolute atomic E-state index is 12.9. The number of rotatable bonds is 16. The first-order valence-electron chi connectivity index (χ1n) is 12.7. The lowest BCUT2D eigenvalue weighted by atomic mass is 10.0. The normalized spacial score (nSPS) is 11.5. The summed E-state index contributed by atoms with van der Waals surface area (Å²) >= 11 is 1.63. The summed E-state index contributed by atoms with van der Waals surface area (Å²) in [6.45, 7) is 2.37. The van der Waals surface area contributed by atoms with Crippen molar-refractivity contribution in [1.82, 2.24) is 15.7 Å². The molecule has 3 rings (SSSR count). The Labute approximate surface area is 228 Å². The van der Waals surface area contributed by atoms with E-state index in [-0.39, 0.29) is 31.5 Å². The Bertz CT molecular complexity index is 1170. The fourth-order valence-corrected chi connectivity index (χ4v) is 4.32. The molecule has 3 aromatic rings. The number of furan rings is 1. The molecule has 0 aliphatic carbocycles. The van der Waals surface area contributed by atoms with E-state index in [0.29, 0.717) is 18.6 Å². The van der Waals surface area contributed by atoms with E-state index in [2.05, 4.69) is 17.6 Å². The molecule has 3 amide bonds. The van der Waals surface area contributed by atoms with Gasteiger partial charge in [-0.25, -0.2) is 5.06 Å². The topological polar surface area (TPSA) is 101 Å². The van der Waals surface area contributed by atoms with Crippen LogP contribution in [0.5, 0.6) is 0 Å². The number of unbranched alkanes of at least 4 members (excludes halogenated alkanes) is 2. The van der Waals surface area contributed by atoms with Gasteiger partial charge < -0.3 is 15.1 Å². The van der Waals surface area contributed by atoms with Crippen LogP contribution in [-0.4, -0.2) is 42.8 Å². The van der Waals surface area contributed by atoms with Crippen LogP contribution in [-0.2, 0) is 21.0 Å². The zero-order valence-corrected chi connectivity index (χ0v) is 22.7. The quantitative estimate of drug-likeness (QED) is 0.0850. The molecule has 38 heavy (non-hydrogen) atoms. The van der Waals surface area contributed by atoms with Crippen LogP contribution in [0.3, 0.4) is 0 Å². The number of benzene rings is 2. The molecule has 202 valence electrons. The van der Waals surface area contributed by atoms with Crippen molar-refractivity contribution in [2.45, 2.75) is 44.1 Å². The highest BCUT2D eigenvalue weighted by Gasteiger charge is 2.22. The fraction of sp³-hybridized carbons (Fsp3) is 0.345. The first-order valence-corrected chi connectivity index (χ1v) is 14.0. The van der Waals surface area contributed by atoms with Crippen LogP contribution in [0, 0.1) is 5.92 Å². The molecule has 8 nitrogen and oxygen atoms in total. The van der Waals surface area contributed by atoms with Crippen molar-refractivity contribution >= 4 is 30.0 Å². The summed E-state index contributed by atoms with van der Waals surface area (Å²) in [6, 6.07) is 20.7. The molecular weight excluding hydrogens is 502 g/mol. The Kier molecular flexibility index (Phi) is 11.9. The molecule has 0 bridgehead atoms. The van der Waals surface area contributed by atoms with Crippen molar-refractivity contribution in [2.75, 3.05) is 19.5 Å². The summed E-state index contributed by atoms with van der Waals surface area (Å²) in [5.74, 6) is -0.412. The van der Waals surface area contributed by atoms with Crippen molar-refractivity contribution in [2.24, 2.45) is 5.92 Å². The highest BCUT2D eigenvalue weighted by Crippen LogP contribution is 2.26. The molecular formula is C29H35N3O5S. The highest BCUT2D eigenvalue weighted by atomic mass is 32.2. The number of nitrogens with zero attached hydrogens (tertiary/aromatic N) is 1. The van der Waals surface area contributed by atoms with Gasteiger partial charge in [-0.3, -0.25) is 19.2 Å². The predicted octanol–water partition coefficient (Wildman–Crippen LogP) is 5.26. The lowest BCUT2D eigenvalue weighted by molar-refractivity contribution is -0.182. The van der Waals surface area contributed by atoms with Crippen molar-refractivity contribution in [3.8, 4) is 11.3 Å². The molecule has 1 aromatic heterocycles. The summed E-state index contributed by atoms with van der Waals surface area (Å²) < 4.78 is 5.74. The summed E-state index contributed by atoms with van der Waals surface area (Å²) in [6.07, 6.45) is 6.03. The number of carbonyl (C=O) groups is 3. The Balaban J connectivity index is 1.52. The number of hydrogen-bond acceptors (Lipinski definition) is 6. The predicted molar refractivity (Wildman–Crippen MR) is 148 cm³/mol. The molecule has 9 heteroatoms. The number of hydroxylamine groups is 2. The zero-order valence-electron chi connectivity index (χ0n) is 21.9. The summed E-state index contributed by atoms with van der Waals surface area (Å²) in [4.78, 5) is 43.9. The maximum Gasteiger partial charge on any atom is 0.288 e. The molecule has 2 aromatic carbocycles. The van der Waals surface area contributed by atoms with E-state index < -0.39 is 11.8 Å². The highest BCUT2D eigenvalue weighted by molar-refractivity contribution is 7.98. The number of carbonyl (C=O) groups excluding carboxylic acids is 3. The van der Waals surface area contributed by atoms with Gasteiger partial charge in [0, 0.05) is 10.5 Å². The van der Waals surface area contributed by atoms with Gasteiger partial charge in [-0.1, -0.05) is 68.7 Å². The van der Waals surface area contributed by atoms with Crippen molar-refractivity contribution in [3.05, 3.63) is 78.1 Å². The van der Waals surface area contributed by atoms with Crippen LogP contribution in [0.2, 0.25) is 0 Å². The van der Waals surface area contributed by atoms with Crippen LogP contribution < -0.4 is 10.6 Å². The van der Waals surface area contributed by atoms with E-state index in [0.717, 1.165) is 40.3 Å². The third kappa shape index (κ3) is 9.08. The Morgan fingerprint density at radius 3 is 2.61 bits per heavy atom. The Morgan fingerprint density at radius 1 is 1.05 bits per heavy atom. The van der Waals surface area contributed by atoms with E-state index in [1.165, 1.54) is 0 Å². The average molecular weight is 538 g/mol. The molecule has 0 saturated heterocycles. The molecule has 2 N–H and O–H groups in total. The Morgan fingerprint density at radius 2 is 1.87 bits per heavy atom. The van der Waals surface area contributed by atoms with Gasteiger partial charge in [0.25, 0.3) is 5.91 Å². The van der Waals surface area contributed by atoms with E-state index in [9.17, 15) is 14.4 Å². The SMILES string of the molecule is CCCCC[C@H](CN(C=O)OCc1ccccc1)C(=O)NCNC(=O)c1ccc(-c2cccc(SC)c2)o1. The van der Waals surface area contributed by atoms with Crippen LogP contribution in [0.4, 0.5) is 0 Å². The molecule has 0 aliphatic rings. The van der Waals surface area contributed by atoms with Gasteiger partial charge in [0.05, 0.1) is 19.1 Å². The number of thioether (sulfide) groups is 1. The molecule has 0 aliphatic heterocycles. The lowest BCUT2D eigenvalue weighted by Crippen LogP contribution is -2.43. The third-order valence-electron chi connectivity index (χ3n) is 5.98. The van der Waals surface area contributed by atoms with Gasteiger partial charge in [0.15, 0.2) is 5.76 Å². The second kappa shape index (κ2) is 15.6. The van der Waals surface area contributed by atoms with E-state index >= 15 is 0 Å². The second-order valence-corrected chi connectivity index (χ2v) is 9.66. The van der Waals surface area contributed by atoms with Crippen LogP contribution in [0.25, 0.3) is 11.3 Å². The molecule has 1 heterocycles. The largest absolute Gasteiger partial charge is 0.451 e. The van der Waals surface area contributed by atoms with Crippen molar-refractivity contribution in [1.29, 1.82) is 0 Å². The van der Waals surface area contributed by atoms with E-state index in [1.807, 2.05) is 60.9 Å². The Hall–Kier alpha value is -3.56. The second-order valence-electron chi connectivity index (χ2n) is 8.78. The minimum Gasteiger partial charge on any atom is -0.451 e. The van der Waals surface area contributed by atoms with Gasteiger partial charge in [-0.05, 0) is 42.5 Å². The van der Waals surface area contributed by atoms with E-state index in [4.69, 9.17) is 9.25 Å². The smallest absolute Gasteiger partial charge is 0.288 e. The van der Waals surface area contributed by atoms with Crippen LogP contribution >= 0.6 is 11.8 Å². The molecule has 0 unspecified atom stereocenters. The minimum atomic E-state index is -0.474. The van der Waals surface area contributed by atoms with Crippen LogP contribution in [0.1, 0.15) is 48.7 Å². The minimum absolute atomic E-state index is 0.0636. The summed E-state index contributed by atoms with van der Waals surface area (Å²) in [5.41, 5.74) is 1.81. The van der Waals surface area contributed by atoms with Crippen LogP contribution in [0.15, 0.2) is 76.0 Å². The van der Waals surface area contributed by atoms with Crippen molar-refractivity contribution < 1.29 is 23.6 Å². The molecule has 1 atom stereocenters. The van der Waals surface area contributed by atoms with Gasteiger partial charge in [-0.2, -0.15) is 0 Å². The van der Waals surface area contributed by atoms with Gasteiger partial charge in [0.1, 0.15) is 12.4 Å². The first-order chi connectivity index (χ1) is 18.5. The summed E-state index contributed by atoms with van der Waals surface area (Å²) in [5, 5.41) is 6.59. The standard InChI is InChI=1S/C29H35N3O5S/c1-3-4-6-12-24(18-32(21-33)36-19-22-10-7-5-8-11-22)28(34)30-20-31-29(35)27-16-15-26(37-27)23-13-9-14-25(17-23)38-2/h5,7-11,13-17,21,24H,3-4,6,12,18-20H2,1-2H3,(H,30,34)(H,31,35)/t24-/m1/s1. The number of nitrogens with one attached hydrogen (secondary N) is 2. The number of amides is 3. The fourth-order valence-electron chi connectivity index (χ4n) is 3.86. The molecule has 0 spiro atoms. The lowest BCUT2D eigenvalue weighted by Gasteiger charge is -2.23. The van der Waals surface area contributed by atoms with Gasteiger partial charge in [-0.15, -0.1) is 11.8 Å². The average Bonchev–Trinajstić information content (AvgIpc) is 3.45. The third-order valence-corrected chi connectivity index (χ3v) is 6.71. The number of hydrogen-bond donors (Lipinski definition) is 2. The van der Waals surface area contributed by atoms with E-state index in [1.54, 1.807) is 23.9 Å². The van der Waals surface area contributed by atoms with Gasteiger partial charge in [0.2, 0.25) is 12.3 Å². The first kappa shape index (κ1) is 29.0. The molecule has 0 radical (unpaired) electrons. The maximum atomic E-state index is 12.9. The molecule has 0 saturated carbocycles. The monoisotopic (exact) mass is 537 g/mol.